The van der Waals surface area contributed by atoms with Crippen LogP contribution < -0.4 is 5.56 Å². The highest BCUT2D eigenvalue weighted by atomic mass is 35.5. The van der Waals surface area contributed by atoms with Gasteiger partial charge in [-0.2, -0.15) is 13.2 Å². The van der Waals surface area contributed by atoms with Crippen LogP contribution in [-0.2, 0) is 6.42 Å². The summed E-state index contributed by atoms with van der Waals surface area (Å²) in [4.78, 5) is 21.6. The van der Waals surface area contributed by atoms with E-state index < -0.39 is 24.1 Å². The van der Waals surface area contributed by atoms with E-state index in [-0.39, 0.29) is 17.8 Å². The van der Waals surface area contributed by atoms with Crippen molar-refractivity contribution in [3.05, 3.63) is 51.0 Å². The van der Waals surface area contributed by atoms with Gasteiger partial charge in [-0.15, -0.1) is 11.3 Å². The van der Waals surface area contributed by atoms with Crippen LogP contribution in [0.3, 0.4) is 0 Å². The average Bonchev–Trinajstić information content (AvgIpc) is 2.95. The summed E-state index contributed by atoms with van der Waals surface area (Å²) in [7, 11) is 0. The third kappa shape index (κ3) is 4.01. The van der Waals surface area contributed by atoms with Crippen LogP contribution in [0.5, 0.6) is 0 Å². The monoisotopic (exact) mass is 387 g/mol. The van der Waals surface area contributed by atoms with Crippen LogP contribution in [0.25, 0.3) is 16.0 Å². The van der Waals surface area contributed by atoms with E-state index in [1.165, 1.54) is 28.3 Å². The van der Waals surface area contributed by atoms with Crippen LogP contribution in [0.4, 0.5) is 13.2 Å². The topological polar surface area (TPSA) is 47.8 Å². The van der Waals surface area contributed by atoms with E-state index in [1.54, 1.807) is 24.3 Å². The molecule has 1 atom stereocenters. The number of thiazole rings is 1. The quantitative estimate of drug-likeness (QED) is 0.656. The molecule has 0 radical (unpaired) electrons. The van der Waals surface area contributed by atoms with Crippen molar-refractivity contribution < 1.29 is 13.2 Å². The van der Waals surface area contributed by atoms with Crippen molar-refractivity contribution in [2.24, 2.45) is 5.92 Å². The van der Waals surface area contributed by atoms with Gasteiger partial charge >= 0.3 is 6.18 Å². The van der Waals surface area contributed by atoms with E-state index in [4.69, 9.17) is 11.6 Å². The van der Waals surface area contributed by atoms with E-state index in [9.17, 15) is 18.0 Å². The lowest BCUT2D eigenvalue weighted by Crippen LogP contribution is -2.26. The third-order valence-corrected chi connectivity index (χ3v) is 4.61. The fourth-order valence-corrected chi connectivity index (χ4v) is 3.42. The minimum atomic E-state index is -4.26. The maximum absolute atomic E-state index is 12.8. The van der Waals surface area contributed by atoms with Gasteiger partial charge in [-0.1, -0.05) is 18.5 Å². The zero-order valence-electron chi connectivity index (χ0n) is 13.0. The van der Waals surface area contributed by atoms with Crippen LogP contribution in [0, 0.1) is 5.92 Å². The fraction of sp³-hybridized carbons (Fsp3) is 0.312. The zero-order valence-corrected chi connectivity index (χ0v) is 14.6. The van der Waals surface area contributed by atoms with Gasteiger partial charge < -0.3 is 0 Å². The molecule has 132 valence electrons. The lowest BCUT2D eigenvalue weighted by atomic mass is 10.0. The second kappa shape index (κ2) is 6.76. The molecule has 1 unspecified atom stereocenters. The predicted octanol–water partition coefficient (Wildman–Crippen LogP) is 4.63. The Morgan fingerprint density at radius 1 is 1.28 bits per heavy atom. The third-order valence-electron chi connectivity index (χ3n) is 3.64. The lowest BCUT2D eigenvalue weighted by molar-refractivity contribution is -0.143. The predicted molar refractivity (Wildman–Crippen MR) is 91.6 cm³/mol. The normalized spacial score (nSPS) is 13.3. The molecule has 0 saturated heterocycles. The minimum Gasteiger partial charge on any atom is -0.266 e. The van der Waals surface area contributed by atoms with Crippen molar-refractivity contribution in [1.82, 2.24) is 14.5 Å². The molecule has 2 heterocycles. The summed E-state index contributed by atoms with van der Waals surface area (Å²) in [5.41, 5.74) is 1.79. The summed E-state index contributed by atoms with van der Waals surface area (Å²) in [5.74, 6) is -0.434. The van der Waals surface area contributed by atoms with Crippen molar-refractivity contribution in [2.45, 2.75) is 25.9 Å². The van der Waals surface area contributed by atoms with E-state index in [1.807, 2.05) is 0 Å². The number of alkyl halides is 3. The first-order valence-corrected chi connectivity index (χ1v) is 8.68. The molecule has 0 fully saturated rings. The Bertz CT molecular complexity index is 950. The maximum atomic E-state index is 12.8. The SMILES string of the molecule is CC(Cc1nc2scnc2c(=O)n1-c1ccc(Cl)cc1)CC(F)(F)F. The average molecular weight is 388 g/mol. The van der Waals surface area contributed by atoms with Crippen LogP contribution in [0.2, 0.25) is 5.02 Å². The van der Waals surface area contributed by atoms with Crippen molar-refractivity contribution in [1.29, 1.82) is 0 Å². The molecule has 0 bridgehead atoms. The molecule has 0 aliphatic carbocycles. The van der Waals surface area contributed by atoms with Gasteiger partial charge in [0.2, 0.25) is 0 Å². The van der Waals surface area contributed by atoms with Gasteiger partial charge in [0.1, 0.15) is 5.82 Å². The molecule has 4 nitrogen and oxygen atoms in total. The van der Waals surface area contributed by atoms with Gasteiger partial charge in [0.25, 0.3) is 5.56 Å². The molecular formula is C16H13ClF3N3OS. The number of fused-ring (bicyclic) bond motifs is 1. The molecular weight excluding hydrogens is 375 g/mol. The lowest BCUT2D eigenvalue weighted by Gasteiger charge is -2.17. The molecule has 0 spiro atoms. The molecule has 0 N–H and O–H groups in total. The van der Waals surface area contributed by atoms with E-state index in [0.29, 0.717) is 15.5 Å². The van der Waals surface area contributed by atoms with Crippen LogP contribution >= 0.6 is 22.9 Å². The number of hydrogen-bond donors (Lipinski definition) is 0. The Hall–Kier alpha value is -1.93. The Morgan fingerprint density at radius 2 is 1.96 bits per heavy atom. The Kier molecular flexibility index (Phi) is 4.83. The molecule has 0 aliphatic heterocycles. The standard InChI is InChI=1S/C16H13ClF3N3OS/c1-9(7-16(18,19)20)6-12-22-14-13(21-8-25-14)15(24)23(12)11-4-2-10(17)3-5-11/h2-5,8-9H,6-7H2,1H3. The minimum absolute atomic E-state index is 0.0191. The molecule has 1 aromatic carbocycles. The molecule has 3 aromatic rings. The Morgan fingerprint density at radius 3 is 2.60 bits per heavy atom. The van der Waals surface area contributed by atoms with E-state index in [2.05, 4.69) is 9.97 Å². The number of hydrogen-bond acceptors (Lipinski definition) is 4. The fourth-order valence-electron chi connectivity index (χ4n) is 2.63. The highest BCUT2D eigenvalue weighted by Gasteiger charge is 2.30. The van der Waals surface area contributed by atoms with Crippen molar-refractivity contribution in [2.75, 3.05) is 0 Å². The van der Waals surface area contributed by atoms with Gasteiger partial charge in [-0.25, -0.2) is 9.97 Å². The van der Waals surface area contributed by atoms with Gasteiger partial charge in [0, 0.05) is 17.9 Å². The summed E-state index contributed by atoms with van der Waals surface area (Å²) in [5, 5.41) is 0.492. The first-order valence-electron chi connectivity index (χ1n) is 7.42. The second-order valence-corrected chi connectivity index (χ2v) is 7.05. The van der Waals surface area contributed by atoms with Crippen molar-refractivity contribution in [3.63, 3.8) is 0 Å². The Balaban J connectivity index is 2.11. The van der Waals surface area contributed by atoms with Crippen LogP contribution in [0.15, 0.2) is 34.6 Å². The molecule has 9 heteroatoms. The van der Waals surface area contributed by atoms with Crippen LogP contribution in [0.1, 0.15) is 19.2 Å². The van der Waals surface area contributed by atoms with Gasteiger partial charge in [0.05, 0.1) is 11.2 Å². The van der Waals surface area contributed by atoms with E-state index >= 15 is 0 Å². The highest BCUT2D eigenvalue weighted by molar-refractivity contribution is 7.16. The number of nitrogens with zero attached hydrogens (tertiary/aromatic N) is 3. The summed E-state index contributed by atoms with van der Waals surface area (Å²) in [6, 6.07) is 6.47. The molecule has 3 rings (SSSR count). The molecule has 0 aliphatic rings. The van der Waals surface area contributed by atoms with Crippen molar-refractivity contribution >= 4 is 33.3 Å². The number of halogens is 4. The molecule has 0 saturated carbocycles. The maximum Gasteiger partial charge on any atom is 0.389 e. The zero-order chi connectivity index (χ0) is 18.2. The summed E-state index contributed by atoms with van der Waals surface area (Å²) >= 11 is 7.06. The van der Waals surface area contributed by atoms with Crippen LogP contribution in [-0.4, -0.2) is 20.7 Å². The first kappa shape index (κ1) is 17.9. The van der Waals surface area contributed by atoms with Gasteiger partial charge in [-0.3, -0.25) is 9.36 Å². The smallest absolute Gasteiger partial charge is 0.266 e. The first-order chi connectivity index (χ1) is 11.7. The molecule has 2 aromatic heterocycles. The summed E-state index contributed by atoms with van der Waals surface area (Å²) in [6.07, 6.45) is -5.19. The summed E-state index contributed by atoms with van der Waals surface area (Å²) < 4.78 is 39.3. The van der Waals surface area contributed by atoms with Gasteiger partial charge in [0.15, 0.2) is 10.3 Å². The van der Waals surface area contributed by atoms with E-state index in [0.717, 1.165) is 0 Å². The molecule has 25 heavy (non-hydrogen) atoms. The largest absolute Gasteiger partial charge is 0.389 e. The number of benzene rings is 1. The number of aromatic nitrogens is 3. The molecule has 0 amide bonds. The Labute approximate surface area is 149 Å². The summed E-state index contributed by atoms with van der Waals surface area (Å²) in [6.45, 7) is 1.49. The second-order valence-electron chi connectivity index (χ2n) is 5.78. The van der Waals surface area contributed by atoms with Crippen molar-refractivity contribution in [3.8, 4) is 5.69 Å². The highest BCUT2D eigenvalue weighted by Crippen LogP contribution is 2.27. The number of rotatable bonds is 4. The van der Waals surface area contributed by atoms with Gasteiger partial charge in [-0.05, 0) is 30.2 Å².